The first kappa shape index (κ1) is 9.51. The third-order valence-electron chi connectivity index (χ3n) is 2.15. The normalized spacial score (nSPS) is 10.3. The minimum absolute atomic E-state index is 0.667. The maximum absolute atomic E-state index is 5.72. The Morgan fingerprint density at radius 2 is 2.20 bits per heavy atom. The second kappa shape index (κ2) is 3.61. The van der Waals surface area contributed by atoms with Crippen LogP contribution in [0.1, 0.15) is 5.82 Å². The zero-order valence-electron chi connectivity index (χ0n) is 8.64. The van der Waals surface area contributed by atoms with Crippen LogP contribution in [0.15, 0.2) is 24.5 Å². The lowest BCUT2D eigenvalue weighted by molar-refractivity contribution is 0.411. The van der Waals surface area contributed by atoms with Gasteiger partial charge < -0.3 is 10.5 Å². The van der Waals surface area contributed by atoms with Crippen LogP contribution in [-0.4, -0.2) is 21.9 Å². The van der Waals surface area contributed by atoms with E-state index in [2.05, 4.69) is 10.1 Å². The number of rotatable bonds is 2. The minimum Gasteiger partial charge on any atom is -0.494 e. The summed E-state index contributed by atoms with van der Waals surface area (Å²) in [6.45, 7) is 1.87. The summed E-state index contributed by atoms with van der Waals surface area (Å²) < 4.78 is 6.92. The van der Waals surface area contributed by atoms with Gasteiger partial charge in [-0.1, -0.05) is 0 Å². The van der Waals surface area contributed by atoms with E-state index in [0.29, 0.717) is 5.69 Å². The molecule has 0 saturated carbocycles. The Kier molecular flexibility index (Phi) is 2.29. The fourth-order valence-electron chi connectivity index (χ4n) is 1.41. The highest BCUT2D eigenvalue weighted by molar-refractivity contribution is 5.56. The summed E-state index contributed by atoms with van der Waals surface area (Å²) in [5.41, 5.74) is 7.19. The van der Waals surface area contributed by atoms with Gasteiger partial charge in [0.05, 0.1) is 7.11 Å². The van der Waals surface area contributed by atoms with Gasteiger partial charge in [-0.2, -0.15) is 5.10 Å². The molecule has 5 nitrogen and oxygen atoms in total. The zero-order chi connectivity index (χ0) is 10.8. The molecule has 0 aliphatic rings. The van der Waals surface area contributed by atoms with Crippen LogP contribution in [-0.2, 0) is 0 Å². The van der Waals surface area contributed by atoms with Gasteiger partial charge in [-0.05, 0) is 25.1 Å². The van der Waals surface area contributed by atoms with Gasteiger partial charge in [-0.25, -0.2) is 9.67 Å². The fraction of sp³-hybridized carbons (Fsp3) is 0.200. The molecule has 0 aliphatic heterocycles. The van der Waals surface area contributed by atoms with Crippen LogP contribution in [0.2, 0.25) is 0 Å². The molecule has 5 heteroatoms. The summed E-state index contributed by atoms with van der Waals surface area (Å²) in [6, 6.07) is 5.40. The molecular formula is C10H12N4O. The molecule has 0 atom stereocenters. The summed E-state index contributed by atoms with van der Waals surface area (Å²) >= 11 is 0. The monoisotopic (exact) mass is 204 g/mol. The van der Waals surface area contributed by atoms with E-state index in [1.54, 1.807) is 23.9 Å². The van der Waals surface area contributed by atoms with E-state index in [0.717, 1.165) is 17.3 Å². The van der Waals surface area contributed by atoms with Crippen molar-refractivity contribution in [3.8, 4) is 11.4 Å². The van der Waals surface area contributed by atoms with Gasteiger partial charge in [-0.3, -0.25) is 0 Å². The highest BCUT2D eigenvalue weighted by atomic mass is 16.5. The standard InChI is InChI=1S/C10H12N4O/c1-7-12-6-13-14(7)9-5-8(11)3-4-10(9)15-2/h3-6H,11H2,1-2H3. The number of methoxy groups -OCH3 is 1. The third kappa shape index (κ3) is 1.63. The maximum Gasteiger partial charge on any atom is 0.144 e. The van der Waals surface area contributed by atoms with Crippen molar-refractivity contribution >= 4 is 5.69 Å². The number of anilines is 1. The second-order valence-corrected chi connectivity index (χ2v) is 3.15. The van der Waals surface area contributed by atoms with Crippen LogP contribution in [0.4, 0.5) is 5.69 Å². The van der Waals surface area contributed by atoms with E-state index < -0.39 is 0 Å². The first-order chi connectivity index (χ1) is 7.22. The lowest BCUT2D eigenvalue weighted by Crippen LogP contribution is -2.03. The lowest BCUT2D eigenvalue weighted by Gasteiger charge is -2.09. The summed E-state index contributed by atoms with van der Waals surface area (Å²) in [6.07, 6.45) is 1.50. The van der Waals surface area contributed by atoms with Crippen LogP contribution in [0, 0.1) is 6.92 Å². The predicted molar refractivity (Wildman–Crippen MR) is 57.1 cm³/mol. The molecule has 15 heavy (non-hydrogen) atoms. The highest BCUT2D eigenvalue weighted by Crippen LogP contribution is 2.24. The number of hydrogen-bond donors (Lipinski definition) is 1. The van der Waals surface area contributed by atoms with Gasteiger partial charge in [0.1, 0.15) is 23.6 Å². The number of nitrogens with zero attached hydrogens (tertiary/aromatic N) is 3. The van der Waals surface area contributed by atoms with E-state index in [1.807, 2.05) is 13.0 Å². The van der Waals surface area contributed by atoms with Crippen LogP contribution in [0.25, 0.3) is 5.69 Å². The number of nitrogens with two attached hydrogens (primary N) is 1. The molecule has 0 spiro atoms. The Hall–Kier alpha value is -2.04. The van der Waals surface area contributed by atoms with Gasteiger partial charge in [0.25, 0.3) is 0 Å². The van der Waals surface area contributed by atoms with Crippen molar-refractivity contribution in [2.75, 3.05) is 12.8 Å². The molecule has 0 bridgehead atoms. The average Bonchev–Trinajstić information content (AvgIpc) is 2.64. The van der Waals surface area contributed by atoms with Gasteiger partial charge in [0, 0.05) is 5.69 Å². The Morgan fingerprint density at radius 3 is 2.80 bits per heavy atom. The van der Waals surface area contributed by atoms with Gasteiger partial charge >= 0.3 is 0 Å². The van der Waals surface area contributed by atoms with E-state index in [1.165, 1.54) is 6.33 Å². The molecule has 1 aromatic carbocycles. The molecular weight excluding hydrogens is 192 g/mol. The largest absolute Gasteiger partial charge is 0.494 e. The van der Waals surface area contributed by atoms with Crippen molar-refractivity contribution in [3.05, 3.63) is 30.4 Å². The van der Waals surface area contributed by atoms with Crippen LogP contribution in [0.5, 0.6) is 5.75 Å². The van der Waals surface area contributed by atoms with Crippen molar-refractivity contribution in [3.63, 3.8) is 0 Å². The SMILES string of the molecule is COc1ccc(N)cc1-n1ncnc1C. The highest BCUT2D eigenvalue weighted by Gasteiger charge is 2.08. The molecule has 0 saturated heterocycles. The number of aromatic nitrogens is 3. The van der Waals surface area contributed by atoms with E-state index in [-0.39, 0.29) is 0 Å². The molecule has 2 rings (SSSR count). The third-order valence-corrected chi connectivity index (χ3v) is 2.15. The molecule has 1 aromatic heterocycles. The summed E-state index contributed by atoms with van der Waals surface area (Å²) in [5, 5.41) is 4.11. The molecule has 2 aromatic rings. The van der Waals surface area contributed by atoms with Crippen LogP contribution < -0.4 is 10.5 Å². The summed E-state index contributed by atoms with van der Waals surface area (Å²) in [5.74, 6) is 1.51. The first-order valence-corrected chi connectivity index (χ1v) is 4.53. The molecule has 1 heterocycles. The minimum atomic E-state index is 0.667. The molecule has 0 aliphatic carbocycles. The number of hydrogen-bond acceptors (Lipinski definition) is 4. The van der Waals surface area contributed by atoms with E-state index >= 15 is 0 Å². The predicted octanol–water partition coefficient (Wildman–Crippen LogP) is 1.17. The van der Waals surface area contributed by atoms with Gasteiger partial charge in [0.15, 0.2) is 0 Å². The molecule has 0 fully saturated rings. The van der Waals surface area contributed by atoms with Gasteiger partial charge in [-0.15, -0.1) is 0 Å². The van der Waals surface area contributed by atoms with Crippen molar-refractivity contribution in [1.29, 1.82) is 0 Å². The van der Waals surface area contributed by atoms with E-state index in [4.69, 9.17) is 10.5 Å². The van der Waals surface area contributed by atoms with Crippen molar-refractivity contribution in [1.82, 2.24) is 14.8 Å². The molecule has 0 amide bonds. The molecule has 78 valence electrons. The zero-order valence-corrected chi connectivity index (χ0v) is 8.64. The lowest BCUT2D eigenvalue weighted by atomic mass is 10.2. The maximum atomic E-state index is 5.72. The Morgan fingerprint density at radius 1 is 1.40 bits per heavy atom. The van der Waals surface area contributed by atoms with Crippen molar-refractivity contribution < 1.29 is 4.74 Å². The number of ether oxygens (including phenoxy) is 1. The van der Waals surface area contributed by atoms with Crippen molar-refractivity contribution in [2.24, 2.45) is 0 Å². The number of aryl methyl sites for hydroxylation is 1. The quantitative estimate of drug-likeness (QED) is 0.745. The Labute approximate surface area is 87.5 Å². The fourth-order valence-corrected chi connectivity index (χ4v) is 1.41. The average molecular weight is 204 g/mol. The van der Waals surface area contributed by atoms with Crippen LogP contribution in [0.3, 0.4) is 0 Å². The van der Waals surface area contributed by atoms with Crippen LogP contribution >= 0.6 is 0 Å². The molecule has 2 N–H and O–H groups in total. The van der Waals surface area contributed by atoms with Gasteiger partial charge in [0.2, 0.25) is 0 Å². The molecule has 0 unspecified atom stereocenters. The summed E-state index contributed by atoms with van der Waals surface area (Å²) in [7, 11) is 1.61. The summed E-state index contributed by atoms with van der Waals surface area (Å²) in [4.78, 5) is 4.05. The topological polar surface area (TPSA) is 66.0 Å². The first-order valence-electron chi connectivity index (χ1n) is 4.53. The molecule has 0 radical (unpaired) electrons. The van der Waals surface area contributed by atoms with Crippen molar-refractivity contribution in [2.45, 2.75) is 6.92 Å². The Balaban J connectivity index is 2.60. The second-order valence-electron chi connectivity index (χ2n) is 3.15. The Bertz CT molecular complexity index is 478. The smallest absolute Gasteiger partial charge is 0.144 e. The van der Waals surface area contributed by atoms with E-state index in [9.17, 15) is 0 Å². The number of nitrogen functional groups attached to an aromatic ring is 1. The number of benzene rings is 1.